The molecule has 0 amide bonds. The Kier molecular flexibility index (Phi) is 4.39. The van der Waals surface area contributed by atoms with Gasteiger partial charge in [-0.05, 0) is 38.8 Å². The number of fused-ring (bicyclic) bond motifs is 3. The molecule has 9 nitrogen and oxygen atoms in total. The molecule has 164 valence electrons. The number of anilines is 2. The summed E-state index contributed by atoms with van der Waals surface area (Å²) < 4.78 is 16.0. The minimum absolute atomic E-state index is 0.103. The largest absolute Gasteiger partial charge is 0.484 e. The van der Waals surface area contributed by atoms with Crippen molar-refractivity contribution in [1.82, 2.24) is 29.4 Å². The van der Waals surface area contributed by atoms with Crippen LogP contribution in [0.1, 0.15) is 30.8 Å². The van der Waals surface area contributed by atoms with Crippen molar-refractivity contribution in [3.8, 4) is 17.0 Å². The Morgan fingerprint density at radius 2 is 2.03 bits per heavy atom. The van der Waals surface area contributed by atoms with E-state index in [-0.39, 0.29) is 12.2 Å². The van der Waals surface area contributed by atoms with E-state index < -0.39 is 0 Å². The molecule has 2 bridgehead atoms. The van der Waals surface area contributed by atoms with E-state index in [0.29, 0.717) is 6.10 Å². The molecule has 0 spiro atoms. The third-order valence-corrected chi connectivity index (χ3v) is 6.19. The van der Waals surface area contributed by atoms with Gasteiger partial charge in [-0.25, -0.2) is 14.5 Å². The van der Waals surface area contributed by atoms with Gasteiger partial charge in [0.05, 0.1) is 23.9 Å². The van der Waals surface area contributed by atoms with E-state index in [9.17, 15) is 0 Å². The van der Waals surface area contributed by atoms with Crippen molar-refractivity contribution in [2.24, 2.45) is 7.05 Å². The summed E-state index contributed by atoms with van der Waals surface area (Å²) in [5, 5.41) is 12.4. The number of aryl methyl sites for hydroxylation is 3. The third kappa shape index (κ3) is 3.38. The van der Waals surface area contributed by atoms with Gasteiger partial charge in [-0.2, -0.15) is 10.2 Å². The lowest BCUT2D eigenvalue weighted by Gasteiger charge is -2.20. The second-order valence-corrected chi connectivity index (χ2v) is 8.63. The highest BCUT2D eigenvalue weighted by Gasteiger charge is 2.42. The number of aromatic nitrogens is 6. The van der Waals surface area contributed by atoms with Crippen LogP contribution >= 0.6 is 0 Å². The average molecular weight is 432 g/mol. The highest BCUT2D eigenvalue weighted by molar-refractivity contribution is 5.72. The molecule has 2 aliphatic heterocycles. The molecule has 0 radical (unpaired) electrons. The monoisotopic (exact) mass is 431 g/mol. The molecule has 0 saturated carbocycles. The Morgan fingerprint density at radius 1 is 1.12 bits per heavy atom. The van der Waals surface area contributed by atoms with Gasteiger partial charge in [0.2, 0.25) is 0 Å². The van der Waals surface area contributed by atoms with Crippen LogP contribution in [0.5, 0.6) is 5.75 Å². The maximum atomic E-state index is 6.38. The summed E-state index contributed by atoms with van der Waals surface area (Å²) >= 11 is 0. The molecule has 4 aromatic rings. The van der Waals surface area contributed by atoms with Crippen LogP contribution in [0.25, 0.3) is 16.8 Å². The van der Waals surface area contributed by atoms with Crippen molar-refractivity contribution in [2.45, 2.75) is 51.4 Å². The maximum Gasteiger partial charge on any atom is 0.165 e. The van der Waals surface area contributed by atoms with Gasteiger partial charge in [-0.3, -0.25) is 4.68 Å². The zero-order valence-corrected chi connectivity index (χ0v) is 18.3. The number of nitrogens with one attached hydrogen (secondary N) is 1. The molecule has 0 aliphatic carbocycles. The number of rotatable bonds is 5. The fourth-order valence-electron chi connectivity index (χ4n) is 4.83. The summed E-state index contributed by atoms with van der Waals surface area (Å²) in [5.74, 6) is 2.97. The van der Waals surface area contributed by atoms with E-state index in [1.165, 1.54) is 0 Å². The van der Waals surface area contributed by atoms with Crippen LogP contribution in [0, 0.1) is 13.8 Å². The van der Waals surface area contributed by atoms with Crippen molar-refractivity contribution in [2.75, 3.05) is 5.32 Å². The first-order valence-corrected chi connectivity index (χ1v) is 10.9. The lowest BCUT2D eigenvalue weighted by Crippen LogP contribution is -2.28. The predicted octanol–water partition coefficient (Wildman–Crippen LogP) is 3.58. The van der Waals surface area contributed by atoms with E-state index >= 15 is 0 Å². The Bertz CT molecular complexity index is 1290. The molecule has 0 unspecified atom stereocenters. The van der Waals surface area contributed by atoms with Crippen LogP contribution in [0.2, 0.25) is 0 Å². The molecule has 6 heterocycles. The molecule has 9 heteroatoms. The molecule has 2 fully saturated rings. The zero-order valence-electron chi connectivity index (χ0n) is 18.3. The smallest absolute Gasteiger partial charge is 0.165 e. The summed E-state index contributed by atoms with van der Waals surface area (Å²) in [4.78, 5) is 8.76. The van der Waals surface area contributed by atoms with Crippen molar-refractivity contribution in [1.29, 1.82) is 0 Å². The Hall–Kier alpha value is -3.46. The quantitative estimate of drug-likeness (QED) is 0.516. The topological polar surface area (TPSA) is 91.4 Å². The maximum absolute atomic E-state index is 6.38. The van der Waals surface area contributed by atoms with Gasteiger partial charge in [0.15, 0.2) is 11.6 Å². The fourth-order valence-corrected chi connectivity index (χ4v) is 4.83. The first-order chi connectivity index (χ1) is 15.5. The van der Waals surface area contributed by atoms with Crippen molar-refractivity contribution in [3.05, 3.63) is 48.2 Å². The van der Waals surface area contributed by atoms with Gasteiger partial charge in [0.1, 0.15) is 23.4 Å². The number of pyridine rings is 1. The molecule has 0 aromatic carbocycles. The minimum Gasteiger partial charge on any atom is -0.484 e. The second-order valence-electron chi connectivity index (χ2n) is 8.63. The predicted molar refractivity (Wildman–Crippen MR) is 119 cm³/mol. The van der Waals surface area contributed by atoms with Crippen LogP contribution < -0.4 is 10.1 Å². The fraction of sp³-hybridized carbons (Fsp3) is 0.391. The van der Waals surface area contributed by atoms with Gasteiger partial charge < -0.3 is 14.8 Å². The van der Waals surface area contributed by atoms with Crippen molar-refractivity contribution >= 4 is 17.2 Å². The Morgan fingerprint density at radius 3 is 2.81 bits per heavy atom. The third-order valence-electron chi connectivity index (χ3n) is 6.19. The first-order valence-electron chi connectivity index (χ1n) is 10.9. The normalized spacial score (nSPS) is 22.0. The van der Waals surface area contributed by atoms with E-state index in [4.69, 9.17) is 9.47 Å². The van der Waals surface area contributed by atoms with Gasteiger partial charge in [-0.1, -0.05) is 0 Å². The van der Waals surface area contributed by atoms with Gasteiger partial charge in [0.25, 0.3) is 0 Å². The van der Waals surface area contributed by atoms with Gasteiger partial charge >= 0.3 is 0 Å². The highest BCUT2D eigenvalue weighted by Crippen LogP contribution is 2.39. The van der Waals surface area contributed by atoms with Gasteiger partial charge in [0, 0.05) is 43.1 Å². The summed E-state index contributed by atoms with van der Waals surface area (Å²) in [6.45, 7) is 3.83. The van der Waals surface area contributed by atoms with Crippen LogP contribution in [-0.2, 0) is 11.8 Å². The Labute approximate surface area is 185 Å². The average Bonchev–Trinajstić information content (AvgIpc) is 3.51. The molecule has 2 saturated heterocycles. The Balaban J connectivity index is 1.29. The first kappa shape index (κ1) is 19.2. The van der Waals surface area contributed by atoms with E-state index in [0.717, 1.165) is 64.9 Å². The molecular weight excluding hydrogens is 406 g/mol. The van der Waals surface area contributed by atoms with Gasteiger partial charge in [-0.15, -0.1) is 0 Å². The second kappa shape index (κ2) is 7.30. The summed E-state index contributed by atoms with van der Waals surface area (Å²) in [7, 11) is 1.94. The van der Waals surface area contributed by atoms with E-state index in [1.54, 1.807) is 6.20 Å². The van der Waals surface area contributed by atoms with Crippen molar-refractivity contribution in [3.63, 3.8) is 0 Å². The number of hydrogen-bond acceptors (Lipinski definition) is 7. The van der Waals surface area contributed by atoms with Crippen LogP contribution in [-0.4, -0.2) is 47.7 Å². The molecule has 32 heavy (non-hydrogen) atoms. The lowest BCUT2D eigenvalue weighted by atomic mass is 9.98. The lowest BCUT2D eigenvalue weighted by molar-refractivity contribution is 0.0642. The SMILES string of the molecule is Cc1cc(Nc2cc3cc(-c4c(O[C@H]5C[C@@H]6CC[C@H]5O6)cnn4C)ccn3n2)nc(C)n1. The zero-order chi connectivity index (χ0) is 21.8. The molecule has 6 rings (SSSR count). The number of hydrogen-bond donors (Lipinski definition) is 1. The summed E-state index contributed by atoms with van der Waals surface area (Å²) in [6.07, 6.45) is 7.58. The standard InChI is InChI=1S/C23H25N7O2/c1-13-8-21(26-14(2)25-13)27-22-10-16-9-15(6-7-30(16)28-22)23-20(12-24-29(23)3)32-19-11-17-4-5-18(19)31-17/h6-10,12,17-19H,4-5,11H2,1-3H3,(H,25,26,27,28)/t17-,18+,19-/m0/s1. The molecule has 3 atom stereocenters. The summed E-state index contributed by atoms with van der Waals surface area (Å²) in [6, 6.07) is 8.03. The molecule has 1 N–H and O–H groups in total. The van der Waals surface area contributed by atoms with Crippen LogP contribution in [0.15, 0.2) is 36.7 Å². The molecule has 4 aromatic heterocycles. The van der Waals surface area contributed by atoms with Crippen LogP contribution in [0.3, 0.4) is 0 Å². The number of ether oxygens (including phenoxy) is 2. The molecular formula is C23H25N7O2. The highest BCUT2D eigenvalue weighted by atomic mass is 16.6. The van der Waals surface area contributed by atoms with E-state index in [2.05, 4.69) is 31.5 Å². The minimum atomic E-state index is 0.103. The number of nitrogens with zero attached hydrogens (tertiary/aromatic N) is 6. The van der Waals surface area contributed by atoms with E-state index in [1.807, 2.05) is 54.5 Å². The van der Waals surface area contributed by atoms with Crippen molar-refractivity contribution < 1.29 is 9.47 Å². The summed E-state index contributed by atoms with van der Waals surface area (Å²) in [5.41, 5.74) is 3.85. The molecule has 2 aliphatic rings. The van der Waals surface area contributed by atoms with Crippen LogP contribution in [0.4, 0.5) is 11.6 Å².